The fourth-order valence-corrected chi connectivity index (χ4v) is 3.19. The van der Waals surface area contributed by atoms with Crippen molar-refractivity contribution in [2.45, 2.75) is 51.5 Å². The zero-order chi connectivity index (χ0) is 10.7. The summed E-state index contributed by atoms with van der Waals surface area (Å²) in [5, 5.41) is 0. The fourth-order valence-electron chi connectivity index (χ4n) is 3.19. The van der Waals surface area contributed by atoms with Crippen LogP contribution in [0.5, 0.6) is 0 Å². The van der Waals surface area contributed by atoms with Crippen LogP contribution in [0.4, 0.5) is 0 Å². The average molecular weight is 211 g/mol. The summed E-state index contributed by atoms with van der Waals surface area (Å²) in [4.78, 5) is 0. The smallest absolute Gasteiger partial charge is 0.0468 e. The first kappa shape index (κ1) is 11.4. The minimum Gasteiger partial charge on any atom is -0.381 e. The van der Waals surface area contributed by atoms with Gasteiger partial charge >= 0.3 is 0 Å². The van der Waals surface area contributed by atoms with Gasteiger partial charge in [-0.3, -0.25) is 0 Å². The molecule has 2 heteroatoms. The van der Waals surface area contributed by atoms with E-state index in [1.165, 1.54) is 38.5 Å². The maximum Gasteiger partial charge on any atom is 0.0468 e. The van der Waals surface area contributed by atoms with Crippen molar-refractivity contribution in [3.8, 4) is 0 Å². The molecule has 2 aliphatic rings. The Balaban J connectivity index is 1.80. The fraction of sp³-hybridized carbons (Fsp3) is 1.00. The molecule has 15 heavy (non-hydrogen) atoms. The van der Waals surface area contributed by atoms with Gasteiger partial charge in [-0.25, -0.2) is 0 Å². The second-order valence-corrected chi connectivity index (χ2v) is 5.60. The SMILES string of the molecule is CC1CCC(N)CC1CC1CCOCC1. The summed E-state index contributed by atoms with van der Waals surface area (Å²) >= 11 is 0. The van der Waals surface area contributed by atoms with E-state index in [-0.39, 0.29) is 0 Å². The molecule has 88 valence electrons. The molecule has 1 aliphatic heterocycles. The van der Waals surface area contributed by atoms with E-state index in [1.54, 1.807) is 0 Å². The molecule has 2 rings (SSSR count). The maximum absolute atomic E-state index is 6.07. The van der Waals surface area contributed by atoms with Gasteiger partial charge in [-0.1, -0.05) is 6.92 Å². The number of hydrogen-bond acceptors (Lipinski definition) is 2. The molecule has 1 saturated heterocycles. The topological polar surface area (TPSA) is 35.2 Å². The van der Waals surface area contributed by atoms with Crippen LogP contribution < -0.4 is 5.73 Å². The first-order chi connectivity index (χ1) is 7.25. The summed E-state index contributed by atoms with van der Waals surface area (Å²) in [6.45, 7) is 4.38. The number of hydrogen-bond donors (Lipinski definition) is 1. The largest absolute Gasteiger partial charge is 0.381 e. The highest BCUT2D eigenvalue weighted by Gasteiger charge is 2.28. The Morgan fingerprint density at radius 1 is 1.13 bits per heavy atom. The average Bonchev–Trinajstić information content (AvgIpc) is 2.25. The molecule has 3 unspecified atom stereocenters. The van der Waals surface area contributed by atoms with E-state index < -0.39 is 0 Å². The van der Waals surface area contributed by atoms with E-state index >= 15 is 0 Å². The van der Waals surface area contributed by atoms with Crippen molar-refractivity contribution in [3.05, 3.63) is 0 Å². The molecule has 1 heterocycles. The van der Waals surface area contributed by atoms with Gasteiger partial charge in [-0.05, 0) is 56.3 Å². The van der Waals surface area contributed by atoms with Gasteiger partial charge in [0.15, 0.2) is 0 Å². The third kappa shape index (κ3) is 3.18. The summed E-state index contributed by atoms with van der Waals surface area (Å²) in [5.41, 5.74) is 6.07. The van der Waals surface area contributed by atoms with Crippen molar-refractivity contribution in [2.24, 2.45) is 23.5 Å². The van der Waals surface area contributed by atoms with Crippen LogP contribution in [-0.2, 0) is 4.74 Å². The van der Waals surface area contributed by atoms with Crippen LogP contribution in [0, 0.1) is 17.8 Å². The van der Waals surface area contributed by atoms with Crippen molar-refractivity contribution < 1.29 is 4.74 Å². The Morgan fingerprint density at radius 3 is 2.60 bits per heavy atom. The highest BCUT2D eigenvalue weighted by atomic mass is 16.5. The zero-order valence-corrected chi connectivity index (χ0v) is 9.95. The Labute approximate surface area is 93.6 Å². The van der Waals surface area contributed by atoms with E-state index in [1.807, 2.05) is 0 Å². The first-order valence-electron chi connectivity index (χ1n) is 6.59. The Kier molecular flexibility index (Phi) is 4.04. The quantitative estimate of drug-likeness (QED) is 0.762. The van der Waals surface area contributed by atoms with Crippen LogP contribution in [0.1, 0.15) is 45.4 Å². The molecule has 0 aromatic heterocycles. The van der Waals surface area contributed by atoms with Gasteiger partial charge < -0.3 is 10.5 Å². The molecule has 0 aromatic rings. The molecule has 0 bridgehead atoms. The van der Waals surface area contributed by atoms with Crippen molar-refractivity contribution >= 4 is 0 Å². The predicted octanol–water partition coefficient (Wildman–Crippen LogP) is 2.57. The molecule has 1 saturated carbocycles. The van der Waals surface area contributed by atoms with E-state index in [9.17, 15) is 0 Å². The highest BCUT2D eigenvalue weighted by Crippen LogP contribution is 2.35. The van der Waals surface area contributed by atoms with Crippen LogP contribution in [0.25, 0.3) is 0 Å². The van der Waals surface area contributed by atoms with Crippen LogP contribution in [0.15, 0.2) is 0 Å². The van der Waals surface area contributed by atoms with Crippen molar-refractivity contribution in [1.29, 1.82) is 0 Å². The third-order valence-corrected chi connectivity index (χ3v) is 4.38. The van der Waals surface area contributed by atoms with E-state index in [2.05, 4.69) is 6.92 Å². The lowest BCUT2D eigenvalue weighted by Crippen LogP contribution is -2.34. The van der Waals surface area contributed by atoms with Crippen LogP contribution in [0.3, 0.4) is 0 Å². The first-order valence-corrected chi connectivity index (χ1v) is 6.59. The molecule has 0 amide bonds. The second-order valence-electron chi connectivity index (χ2n) is 5.60. The highest BCUT2D eigenvalue weighted by molar-refractivity contribution is 4.82. The summed E-state index contributed by atoms with van der Waals surface area (Å²) in [6.07, 6.45) is 7.80. The van der Waals surface area contributed by atoms with Crippen LogP contribution in [-0.4, -0.2) is 19.3 Å². The van der Waals surface area contributed by atoms with E-state index in [0.29, 0.717) is 6.04 Å². The monoisotopic (exact) mass is 211 g/mol. The van der Waals surface area contributed by atoms with Gasteiger partial charge in [0.2, 0.25) is 0 Å². The molecule has 3 atom stereocenters. The van der Waals surface area contributed by atoms with Crippen molar-refractivity contribution in [2.75, 3.05) is 13.2 Å². The Bertz CT molecular complexity index is 189. The zero-order valence-electron chi connectivity index (χ0n) is 9.95. The molecular weight excluding hydrogens is 186 g/mol. The van der Waals surface area contributed by atoms with Gasteiger partial charge in [0.25, 0.3) is 0 Å². The molecule has 2 fully saturated rings. The van der Waals surface area contributed by atoms with E-state index in [4.69, 9.17) is 10.5 Å². The lowest BCUT2D eigenvalue weighted by Gasteiger charge is -2.35. The minimum atomic E-state index is 0.478. The molecular formula is C13H25NO. The van der Waals surface area contributed by atoms with Gasteiger partial charge in [0, 0.05) is 19.3 Å². The molecule has 0 spiro atoms. The van der Waals surface area contributed by atoms with Gasteiger partial charge in [-0.2, -0.15) is 0 Å². The maximum atomic E-state index is 6.07. The number of nitrogens with two attached hydrogens (primary N) is 1. The predicted molar refractivity (Wildman–Crippen MR) is 62.6 cm³/mol. The molecule has 0 radical (unpaired) electrons. The Hall–Kier alpha value is -0.0800. The molecule has 2 nitrogen and oxygen atoms in total. The molecule has 1 aliphatic carbocycles. The van der Waals surface area contributed by atoms with Gasteiger partial charge in [-0.15, -0.1) is 0 Å². The summed E-state index contributed by atoms with van der Waals surface area (Å²) in [5.74, 6) is 2.70. The van der Waals surface area contributed by atoms with Gasteiger partial charge in [0.05, 0.1) is 0 Å². The molecule has 2 N–H and O–H groups in total. The van der Waals surface area contributed by atoms with Crippen molar-refractivity contribution in [3.63, 3.8) is 0 Å². The summed E-state index contributed by atoms with van der Waals surface area (Å²) in [7, 11) is 0. The second kappa shape index (κ2) is 5.31. The molecule has 0 aromatic carbocycles. The lowest BCUT2D eigenvalue weighted by atomic mass is 9.73. The summed E-state index contributed by atoms with van der Waals surface area (Å²) < 4.78 is 5.41. The summed E-state index contributed by atoms with van der Waals surface area (Å²) in [6, 6.07) is 0.478. The lowest BCUT2D eigenvalue weighted by molar-refractivity contribution is 0.0507. The normalized spacial score (nSPS) is 39.2. The van der Waals surface area contributed by atoms with Crippen LogP contribution >= 0.6 is 0 Å². The third-order valence-electron chi connectivity index (χ3n) is 4.38. The number of ether oxygens (including phenoxy) is 1. The van der Waals surface area contributed by atoms with E-state index in [0.717, 1.165) is 31.0 Å². The van der Waals surface area contributed by atoms with Crippen LogP contribution in [0.2, 0.25) is 0 Å². The standard InChI is InChI=1S/C13H25NO/c1-10-2-3-13(14)9-12(10)8-11-4-6-15-7-5-11/h10-13H,2-9,14H2,1H3. The minimum absolute atomic E-state index is 0.478. The number of rotatable bonds is 2. The van der Waals surface area contributed by atoms with Crippen molar-refractivity contribution in [1.82, 2.24) is 0 Å². The Morgan fingerprint density at radius 2 is 1.87 bits per heavy atom. The van der Waals surface area contributed by atoms with Gasteiger partial charge in [0.1, 0.15) is 0 Å².